The maximum Gasteiger partial charge on any atom is 0.253 e. The molecule has 2 aromatic rings. The summed E-state index contributed by atoms with van der Waals surface area (Å²) in [5, 5.41) is 11.1. The average molecular weight is 353 g/mol. The van der Waals surface area contributed by atoms with E-state index in [-0.39, 0.29) is 11.7 Å². The summed E-state index contributed by atoms with van der Waals surface area (Å²) in [5.41, 5.74) is 0.672. The normalized spacial score (nSPS) is 28.5. The molecule has 4 heteroatoms. The monoisotopic (exact) mass is 353 g/mol. The predicted molar refractivity (Wildman–Crippen MR) is 98.1 cm³/mol. The van der Waals surface area contributed by atoms with Crippen LogP contribution in [0.2, 0.25) is 0 Å². The number of halogens is 1. The molecule has 0 bridgehead atoms. The number of aliphatic hydroxyl groups is 1. The van der Waals surface area contributed by atoms with E-state index >= 15 is 0 Å². The molecule has 136 valence electrons. The van der Waals surface area contributed by atoms with E-state index in [0.29, 0.717) is 24.7 Å². The zero-order valence-corrected chi connectivity index (χ0v) is 14.8. The smallest absolute Gasteiger partial charge is 0.253 e. The first-order chi connectivity index (χ1) is 12.5. The summed E-state index contributed by atoms with van der Waals surface area (Å²) in [6.45, 7) is 1.49. The lowest BCUT2D eigenvalue weighted by molar-refractivity contribution is -0.0575. The van der Waals surface area contributed by atoms with Crippen molar-refractivity contribution in [3.63, 3.8) is 0 Å². The minimum absolute atomic E-state index is 0.100. The van der Waals surface area contributed by atoms with E-state index in [4.69, 9.17) is 0 Å². The van der Waals surface area contributed by atoms with Gasteiger partial charge < -0.3 is 10.0 Å². The molecule has 1 unspecified atom stereocenters. The molecule has 0 spiro atoms. The molecule has 1 heterocycles. The van der Waals surface area contributed by atoms with Crippen molar-refractivity contribution in [1.29, 1.82) is 0 Å². The third-order valence-corrected chi connectivity index (χ3v) is 6.11. The van der Waals surface area contributed by atoms with Gasteiger partial charge in [-0.3, -0.25) is 4.79 Å². The van der Waals surface area contributed by atoms with Crippen LogP contribution in [-0.4, -0.2) is 29.0 Å². The van der Waals surface area contributed by atoms with E-state index in [1.54, 1.807) is 12.1 Å². The van der Waals surface area contributed by atoms with Crippen molar-refractivity contribution in [1.82, 2.24) is 4.90 Å². The van der Waals surface area contributed by atoms with E-state index < -0.39 is 5.60 Å². The standard InChI is InChI=1S/C22H24FNO2/c23-20-8-6-19(7-9-20)22(26)12-10-18-15-24(13-11-17(18)14-22)21(25)16-4-2-1-3-5-16/h1-9,17-18,26H,10-15H2/t17-,18+,22?/m0/s1. The van der Waals surface area contributed by atoms with Gasteiger partial charge in [-0.05, 0) is 67.3 Å². The highest BCUT2D eigenvalue weighted by atomic mass is 19.1. The van der Waals surface area contributed by atoms with Gasteiger partial charge in [0.05, 0.1) is 5.60 Å². The van der Waals surface area contributed by atoms with Gasteiger partial charge >= 0.3 is 0 Å². The summed E-state index contributed by atoms with van der Waals surface area (Å²) in [6, 6.07) is 15.7. The molecule has 3 atom stereocenters. The van der Waals surface area contributed by atoms with Crippen LogP contribution in [-0.2, 0) is 5.60 Å². The summed E-state index contributed by atoms with van der Waals surface area (Å²) in [7, 11) is 0. The topological polar surface area (TPSA) is 40.5 Å². The lowest BCUT2D eigenvalue weighted by Gasteiger charge is -2.47. The number of carbonyl (C=O) groups is 1. The molecule has 26 heavy (non-hydrogen) atoms. The lowest BCUT2D eigenvalue weighted by atomic mass is 9.66. The molecular weight excluding hydrogens is 329 g/mol. The van der Waals surface area contributed by atoms with E-state index in [2.05, 4.69) is 0 Å². The van der Waals surface area contributed by atoms with Gasteiger partial charge in [-0.15, -0.1) is 0 Å². The first kappa shape index (κ1) is 17.2. The Bertz CT molecular complexity index is 776. The quantitative estimate of drug-likeness (QED) is 0.887. The highest BCUT2D eigenvalue weighted by Crippen LogP contribution is 2.46. The van der Waals surface area contributed by atoms with Crippen LogP contribution in [0, 0.1) is 17.7 Å². The van der Waals surface area contributed by atoms with Crippen LogP contribution in [0.5, 0.6) is 0 Å². The number of rotatable bonds is 2. The fourth-order valence-electron chi connectivity index (χ4n) is 4.61. The molecule has 0 radical (unpaired) electrons. The number of hydrogen-bond acceptors (Lipinski definition) is 2. The Hall–Kier alpha value is -2.20. The summed E-state index contributed by atoms with van der Waals surface area (Å²) in [5.74, 6) is 0.651. The van der Waals surface area contributed by atoms with Crippen LogP contribution in [0.3, 0.4) is 0 Å². The number of likely N-dealkylation sites (tertiary alicyclic amines) is 1. The van der Waals surface area contributed by atoms with Crippen LogP contribution in [0.15, 0.2) is 54.6 Å². The summed E-state index contributed by atoms with van der Waals surface area (Å²) in [4.78, 5) is 14.7. The van der Waals surface area contributed by atoms with Crippen molar-refractivity contribution in [2.75, 3.05) is 13.1 Å². The van der Waals surface area contributed by atoms with Crippen LogP contribution >= 0.6 is 0 Å². The van der Waals surface area contributed by atoms with Gasteiger partial charge in [0.1, 0.15) is 5.82 Å². The Labute approximate surface area is 153 Å². The molecule has 4 rings (SSSR count). The SMILES string of the molecule is O=C(c1ccccc1)N1CC[C@H]2CC(O)(c3ccc(F)cc3)CC[C@@H]2C1. The molecule has 1 saturated heterocycles. The van der Waals surface area contributed by atoms with E-state index in [9.17, 15) is 14.3 Å². The third-order valence-electron chi connectivity index (χ3n) is 6.11. The molecule has 0 aromatic heterocycles. The van der Waals surface area contributed by atoms with Gasteiger partial charge in [-0.2, -0.15) is 0 Å². The van der Waals surface area contributed by atoms with Crippen LogP contribution in [0.1, 0.15) is 41.6 Å². The molecule has 1 aliphatic heterocycles. The van der Waals surface area contributed by atoms with Gasteiger partial charge in [0, 0.05) is 18.7 Å². The van der Waals surface area contributed by atoms with Crippen molar-refractivity contribution in [3.8, 4) is 0 Å². The van der Waals surface area contributed by atoms with Crippen LogP contribution in [0.4, 0.5) is 4.39 Å². The number of fused-ring (bicyclic) bond motifs is 1. The first-order valence-corrected chi connectivity index (χ1v) is 9.38. The number of amides is 1. The summed E-state index contributed by atoms with van der Waals surface area (Å²) in [6.07, 6.45) is 3.15. The zero-order chi connectivity index (χ0) is 18.1. The van der Waals surface area contributed by atoms with E-state index in [1.165, 1.54) is 12.1 Å². The Morgan fingerprint density at radius 1 is 1.04 bits per heavy atom. The number of hydrogen-bond donors (Lipinski definition) is 1. The highest BCUT2D eigenvalue weighted by molar-refractivity contribution is 5.94. The Morgan fingerprint density at radius 2 is 1.77 bits per heavy atom. The Balaban J connectivity index is 1.44. The van der Waals surface area contributed by atoms with Crippen molar-refractivity contribution in [2.24, 2.45) is 11.8 Å². The van der Waals surface area contributed by atoms with Gasteiger partial charge in [0.15, 0.2) is 0 Å². The maximum absolute atomic E-state index is 13.2. The minimum Gasteiger partial charge on any atom is -0.385 e. The Morgan fingerprint density at radius 3 is 2.50 bits per heavy atom. The fourth-order valence-corrected chi connectivity index (χ4v) is 4.61. The molecule has 1 aliphatic carbocycles. The molecule has 2 aliphatic rings. The molecular formula is C22H24FNO2. The molecule has 1 saturated carbocycles. The maximum atomic E-state index is 13.2. The van der Waals surface area contributed by atoms with Crippen LogP contribution in [0.25, 0.3) is 0 Å². The number of piperidine rings is 1. The lowest BCUT2D eigenvalue weighted by Crippen LogP contribution is -2.48. The van der Waals surface area contributed by atoms with Crippen molar-refractivity contribution < 1.29 is 14.3 Å². The van der Waals surface area contributed by atoms with Gasteiger partial charge in [-0.25, -0.2) is 4.39 Å². The molecule has 2 aromatic carbocycles. The molecule has 1 amide bonds. The van der Waals surface area contributed by atoms with Gasteiger partial charge in [0.25, 0.3) is 5.91 Å². The largest absolute Gasteiger partial charge is 0.385 e. The Kier molecular flexibility index (Phi) is 4.53. The zero-order valence-electron chi connectivity index (χ0n) is 14.8. The van der Waals surface area contributed by atoms with E-state index in [0.717, 1.165) is 37.1 Å². The minimum atomic E-state index is -0.875. The third kappa shape index (κ3) is 3.26. The van der Waals surface area contributed by atoms with E-state index in [1.807, 2.05) is 35.2 Å². The second-order valence-electron chi connectivity index (χ2n) is 7.71. The van der Waals surface area contributed by atoms with Crippen molar-refractivity contribution in [3.05, 3.63) is 71.5 Å². The van der Waals surface area contributed by atoms with Crippen LogP contribution < -0.4 is 0 Å². The average Bonchev–Trinajstić information content (AvgIpc) is 2.68. The van der Waals surface area contributed by atoms with Gasteiger partial charge in [0.2, 0.25) is 0 Å². The first-order valence-electron chi connectivity index (χ1n) is 9.38. The summed E-state index contributed by atoms with van der Waals surface area (Å²) < 4.78 is 13.2. The second-order valence-corrected chi connectivity index (χ2v) is 7.71. The van der Waals surface area contributed by atoms with Crippen molar-refractivity contribution in [2.45, 2.75) is 31.3 Å². The molecule has 1 N–H and O–H groups in total. The second kappa shape index (κ2) is 6.84. The number of benzene rings is 2. The summed E-state index contributed by atoms with van der Waals surface area (Å²) >= 11 is 0. The molecule has 2 fully saturated rings. The number of nitrogens with zero attached hydrogens (tertiary/aromatic N) is 1. The molecule has 3 nitrogen and oxygen atoms in total. The van der Waals surface area contributed by atoms with Gasteiger partial charge in [-0.1, -0.05) is 30.3 Å². The predicted octanol–water partition coefficient (Wildman–Crippen LogP) is 3.98. The fraction of sp³-hybridized carbons (Fsp3) is 0.409. The number of carbonyl (C=O) groups excluding carboxylic acids is 1. The highest BCUT2D eigenvalue weighted by Gasteiger charge is 2.43. The van der Waals surface area contributed by atoms with Crippen molar-refractivity contribution >= 4 is 5.91 Å².